The van der Waals surface area contributed by atoms with Gasteiger partial charge in [0.25, 0.3) is 0 Å². The summed E-state index contributed by atoms with van der Waals surface area (Å²) in [5.41, 5.74) is 1.09. The molecule has 0 fully saturated rings. The molecule has 134 valence electrons. The van der Waals surface area contributed by atoms with Crippen molar-refractivity contribution < 1.29 is 4.79 Å². The third kappa shape index (κ3) is 4.97. The van der Waals surface area contributed by atoms with E-state index in [-0.39, 0.29) is 11.7 Å². The Hall–Kier alpha value is -2.09. The fourth-order valence-corrected chi connectivity index (χ4v) is 3.14. The first-order valence-electron chi connectivity index (χ1n) is 7.68. The number of hydrogen-bond donors (Lipinski definition) is 1. The van der Waals surface area contributed by atoms with Gasteiger partial charge < -0.3 is 9.88 Å². The summed E-state index contributed by atoms with van der Waals surface area (Å²) in [6.45, 7) is 0. The summed E-state index contributed by atoms with van der Waals surface area (Å²) in [6, 6.07) is 10.9. The lowest BCUT2D eigenvalue weighted by Crippen LogP contribution is -2.15. The van der Waals surface area contributed by atoms with E-state index in [1.165, 1.54) is 18.0 Å². The van der Waals surface area contributed by atoms with Crippen LogP contribution in [0.1, 0.15) is 11.4 Å². The lowest BCUT2D eigenvalue weighted by atomic mass is 10.1. The molecule has 0 spiro atoms. The predicted octanol–water partition coefficient (Wildman–Crippen LogP) is 3.84. The Labute approximate surface area is 164 Å². The zero-order valence-corrected chi connectivity index (χ0v) is 16.1. The van der Waals surface area contributed by atoms with Crippen LogP contribution in [-0.2, 0) is 18.3 Å². The fraction of sp³-hybridized carbons (Fsp3) is 0.176. The maximum Gasteiger partial charge on any atom is 0.236 e. The van der Waals surface area contributed by atoms with Crippen molar-refractivity contribution in [1.29, 1.82) is 0 Å². The average Bonchev–Trinajstić information content (AvgIpc) is 2.97. The van der Waals surface area contributed by atoms with Crippen molar-refractivity contribution in [2.75, 3.05) is 11.1 Å². The Morgan fingerprint density at radius 2 is 1.85 bits per heavy atom. The number of hydrogen-bond acceptors (Lipinski definition) is 5. The molecule has 0 aliphatic rings. The van der Waals surface area contributed by atoms with Gasteiger partial charge in [-0.15, -0.1) is 10.2 Å². The van der Waals surface area contributed by atoms with Gasteiger partial charge in [-0.1, -0.05) is 47.1 Å². The van der Waals surface area contributed by atoms with E-state index < -0.39 is 0 Å². The second-order valence-corrected chi connectivity index (χ2v) is 7.27. The molecule has 1 aromatic carbocycles. The summed E-state index contributed by atoms with van der Waals surface area (Å²) in [5, 5.41) is 13.0. The molecule has 0 bridgehead atoms. The third-order valence-electron chi connectivity index (χ3n) is 3.53. The summed E-state index contributed by atoms with van der Waals surface area (Å²) < 4.78 is 1.88. The fourth-order valence-electron chi connectivity index (χ4n) is 2.17. The first-order valence-corrected chi connectivity index (χ1v) is 9.42. The minimum Gasteiger partial charge on any atom is -0.310 e. The molecular formula is C17H15Cl2N5OS. The lowest BCUT2D eigenvalue weighted by Gasteiger charge is -2.05. The summed E-state index contributed by atoms with van der Waals surface area (Å²) in [5.74, 6) is 1.31. The van der Waals surface area contributed by atoms with Crippen LogP contribution < -0.4 is 5.32 Å². The molecule has 1 N–H and O–H groups in total. The van der Waals surface area contributed by atoms with Gasteiger partial charge >= 0.3 is 0 Å². The minimum atomic E-state index is -0.174. The number of rotatable bonds is 6. The second-order valence-electron chi connectivity index (χ2n) is 5.46. The highest BCUT2D eigenvalue weighted by Gasteiger charge is 2.12. The van der Waals surface area contributed by atoms with Crippen molar-refractivity contribution in [2.45, 2.75) is 11.6 Å². The Balaban J connectivity index is 1.56. The molecule has 1 amide bonds. The molecule has 26 heavy (non-hydrogen) atoms. The number of nitrogens with one attached hydrogen (secondary N) is 1. The van der Waals surface area contributed by atoms with E-state index in [9.17, 15) is 4.79 Å². The molecule has 2 heterocycles. The van der Waals surface area contributed by atoms with Gasteiger partial charge in [-0.3, -0.25) is 4.79 Å². The molecule has 0 saturated carbocycles. The first-order chi connectivity index (χ1) is 12.5. The van der Waals surface area contributed by atoms with Crippen LogP contribution in [0.15, 0.2) is 47.8 Å². The van der Waals surface area contributed by atoms with Crippen molar-refractivity contribution in [1.82, 2.24) is 19.7 Å². The Morgan fingerprint density at radius 1 is 1.12 bits per heavy atom. The van der Waals surface area contributed by atoms with Crippen molar-refractivity contribution in [3.8, 4) is 0 Å². The zero-order valence-electron chi connectivity index (χ0n) is 13.8. The highest BCUT2D eigenvalue weighted by molar-refractivity contribution is 7.99. The number of anilines is 1. The van der Waals surface area contributed by atoms with Gasteiger partial charge in [-0.05, 0) is 29.8 Å². The largest absolute Gasteiger partial charge is 0.310 e. The Bertz CT molecular complexity index is 897. The average molecular weight is 408 g/mol. The predicted molar refractivity (Wildman–Crippen MR) is 104 cm³/mol. The second kappa shape index (κ2) is 8.53. The molecule has 0 aliphatic carbocycles. The number of pyridine rings is 1. The van der Waals surface area contributed by atoms with E-state index in [0.717, 1.165) is 11.4 Å². The van der Waals surface area contributed by atoms with E-state index in [4.69, 9.17) is 23.2 Å². The van der Waals surface area contributed by atoms with E-state index in [2.05, 4.69) is 20.5 Å². The maximum absolute atomic E-state index is 12.0. The highest BCUT2D eigenvalue weighted by atomic mass is 35.5. The number of aromatic nitrogens is 4. The van der Waals surface area contributed by atoms with Crippen LogP contribution in [0.3, 0.4) is 0 Å². The molecule has 9 heteroatoms. The number of carbonyl (C=O) groups excluding carboxylic acids is 1. The minimum absolute atomic E-state index is 0.174. The van der Waals surface area contributed by atoms with Crippen molar-refractivity contribution in [2.24, 2.45) is 7.05 Å². The number of nitrogens with zero attached hydrogens (tertiary/aromatic N) is 4. The van der Waals surface area contributed by atoms with Crippen LogP contribution in [0.5, 0.6) is 0 Å². The van der Waals surface area contributed by atoms with Gasteiger partial charge in [0, 0.05) is 24.7 Å². The number of benzene rings is 1. The number of carbonyl (C=O) groups is 1. The van der Waals surface area contributed by atoms with Crippen LogP contribution in [0.2, 0.25) is 10.0 Å². The topological polar surface area (TPSA) is 72.7 Å². The summed E-state index contributed by atoms with van der Waals surface area (Å²) in [7, 11) is 1.88. The van der Waals surface area contributed by atoms with Crippen molar-refractivity contribution in [3.05, 3.63) is 64.0 Å². The molecule has 0 aliphatic heterocycles. The SMILES string of the molecule is Cn1c(Cc2ccc(Cl)cc2)nnc1SCC(=O)Nc1ccc(Cl)cn1. The van der Waals surface area contributed by atoms with Gasteiger partial charge in [0.2, 0.25) is 5.91 Å². The van der Waals surface area contributed by atoms with E-state index in [1.54, 1.807) is 12.1 Å². The van der Waals surface area contributed by atoms with E-state index in [0.29, 0.717) is 27.4 Å². The normalized spacial score (nSPS) is 10.7. The monoisotopic (exact) mass is 407 g/mol. The van der Waals surface area contributed by atoms with Gasteiger partial charge in [-0.25, -0.2) is 4.98 Å². The van der Waals surface area contributed by atoms with Crippen LogP contribution >= 0.6 is 35.0 Å². The Morgan fingerprint density at radius 3 is 2.54 bits per heavy atom. The van der Waals surface area contributed by atoms with Gasteiger partial charge in [0.1, 0.15) is 11.6 Å². The van der Waals surface area contributed by atoms with Crippen molar-refractivity contribution in [3.63, 3.8) is 0 Å². The molecule has 0 unspecified atom stereocenters. The molecule has 3 aromatic rings. The zero-order chi connectivity index (χ0) is 18.5. The van der Waals surface area contributed by atoms with Crippen LogP contribution in [0.4, 0.5) is 5.82 Å². The lowest BCUT2D eigenvalue weighted by molar-refractivity contribution is -0.113. The van der Waals surface area contributed by atoms with E-state index in [1.807, 2.05) is 35.9 Å². The highest BCUT2D eigenvalue weighted by Crippen LogP contribution is 2.19. The third-order valence-corrected chi connectivity index (χ3v) is 5.02. The maximum atomic E-state index is 12.0. The van der Waals surface area contributed by atoms with Crippen LogP contribution in [-0.4, -0.2) is 31.4 Å². The summed E-state index contributed by atoms with van der Waals surface area (Å²) in [6.07, 6.45) is 2.12. The molecule has 0 radical (unpaired) electrons. The summed E-state index contributed by atoms with van der Waals surface area (Å²) >= 11 is 13.0. The van der Waals surface area contributed by atoms with Crippen molar-refractivity contribution >= 4 is 46.7 Å². The quantitative estimate of drug-likeness (QED) is 0.628. The standard InChI is InChI=1S/C17H15Cl2N5OS/c1-24-15(8-11-2-4-12(18)5-3-11)22-23-17(24)26-10-16(25)21-14-7-6-13(19)9-20-14/h2-7,9H,8,10H2,1H3,(H,20,21,25). The molecule has 2 aromatic heterocycles. The number of halogens is 2. The first kappa shape index (κ1) is 18.7. The molecular weight excluding hydrogens is 393 g/mol. The molecule has 6 nitrogen and oxygen atoms in total. The molecule has 0 atom stereocenters. The van der Waals surface area contributed by atoms with E-state index >= 15 is 0 Å². The molecule has 3 rings (SSSR count). The van der Waals surface area contributed by atoms with Crippen LogP contribution in [0.25, 0.3) is 0 Å². The smallest absolute Gasteiger partial charge is 0.236 e. The summed E-state index contributed by atoms with van der Waals surface area (Å²) in [4.78, 5) is 16.1. The van der Waals surface area contributed by atoms with Gasteiger partial charge in [0.15, 0.2) is 5.16 Å². The van der Waals surface area contributed by atoms with Gasteiger partial charge in [0.05, 0.1) is 10.8 Å². The number of thioether (sulfide) groups is 1. The van der Waals surface area contributed by atoms with Crippen LogP contribution in [0, 0.1) is 0 Å². The van der Waals surface area contributed by atoms with Gasteiger partial charge in [-0.2, -0.15) is 0 Å². The Kier molecular flexibility index (Phi) is 6.13. The molecule has 0 saturated heterocycles. The number of amides is 1.